The van der Waals surface area contributed by atoms with E-state index in [2.05, 4.69) is 32.2 Å². The number of unbranched alkanes of at least 4 members (excludes halogenated alkanes) is 3. The van der Waals surface area contributed by atoms with Crippen molar-refractivity contribution in [2.75, 3.05) is 6.54 Å². The Balaban J connectivity index is 1.57. The monoisotopic (exact) mass is 433 g/mol. The standard InChI is InChI=1S/C27H47NO3/c1-5-6-7-8-15-28-24-17-23-21-10-9-19-16-20(30)11-13-25(19,3)22(21)12-14-26(23,4)27(24,31)18(2)29/h9,18,20-24,28-31H,5-8,10-17H2,1-4H3/t18-,20+,21-,22-,23-,24+,25+,26+,27-/m1/s1. The van der Waals surface area contributed by atoms with Crippen LogP contribution >= 0.6 is 0 Å². The molecular formula is C27H47NO3. The van der Waals surface area contributed by atoms with Crippen LogP contribution in [-0.4, -0.2) is 45.7 Å². The van der Waals surface area contributed by atoms with E-state index in [4.69, 9.17) is 0 Å². The zero-order valence-electron chi connectivity index (χ0n) is 20.4. The van der Waals surface area contributed by atoms with Gasteiger partial charge >= 0.3 is 0 Å². The van der Waals surface area contributed by atoms with Crippen LogP contribution in [0.5, 0.6) is 0 Å². The van der Waals surface area contributed by atoms with Gasteiger partial charge < -0.3 is 20.6 Å². The number of aliphatic hydroxyl groups is 3. The summed E-state index contributed by atoms with van der Waals surface area (Å²) in [5, 5.41) is 36.8. The lowest BCUT2D eigenvalue weighted by Crippen LogP contribution is -2.63. The molecule has 4 aliphatic rings. The zero-order chi connectivity index (χ0) is 22.4. The van der Waals surface area contributed by atoms with E-state index in [1.54, 1.807) is 6.92 Å². The molecular weight excluding hydrogens is 386 g/mol. The van der Waals surface area contributed by atoms with Gasteiger partial charge in [-0.15, -0.1) is 0 Å². The first-order valence-electron chi connectivity index (χ1n) is 13.2. The summed E-state index contributed by atoms with van der Waals surface area (Å²) in [6, 6.07) is -0.0331. The van der Waals surface area contributed by atoms with E-state index >= 15 is 0 Å². The summed E-state index contributed by atoms with van der Waals surface area (Å²) in [4.78, 5) is 0. The highest BCUT2D eigenvalue weighted by atomic mass is 16.3. The molecule has 0 radical (unpaired) electrons. The lowest BCUT2D eigenvalue weighted by atomic mass is 9.46. The third kappa shape index (κ3) is 3.64. The topological polar surface area (TPSA) is 72.7 Å². The van der Waals surface area contributed by atoms with Crippen molar-refractivity contribution >= 4 is 0 Å². The molecule has 0 aromatic rings. The van der Waals surface area contributed by atoms with E-state index in [0.29, 0.717) is 17.8 Å². The number of hydrogen-bond acceptors (Lipinski definition) is 4. The number of fused-ring (bicyclic) bond motifs is 5. The SMILES string of the molecule is CCCCCCN[C@H]1C[C@@H]2[C@@H]3CC=C4C[C@@H](O)CC[C@]4(C)[C@@H]3CC[C@]2(C)[C@@]1(O)[C@@H](C)O. The number of allylic oxidation sites excluding steroid dienone is 1. The fourth-order valence-corrected chi connectivity index (χ4v) is 8.56. The summed E-state index contributed by atoms with van der Waals surface area (Å²) in [5.41, 5.74) is 0.379. The van der Waals surface area contributed by atoms with Crippen LogP contribution in [0.1, 0.15) is 98.3 Å². The van der Waals surface area contributed by atoms with Crippen molar-refractivity contribution in [2.24, 2.45) is 28.6 Å². The molecule has 9 atom stereocenters. The van der Waals surface area contributed by atoms with Gasteiger partial charge in [-0.2, -0.15) is 0 Å². The van der Waals surface area contributed by atoms with Crippen LogP contribution in [0.3, 0.4) is 0 Å². The highest BCUT2D eigenvalue weighted by Crippen LogP contribution is 2.67. The first-order chi connectivity index (χ1) is 14.7. The Morgan fingerprint density at radius 2 is 1.90 bits per heavy atom. The van der Waals surface area contributed by atoms with Crippen LogP contribution in [0, 0.1) is 28.6 Å². The Bertz CT molecular complexity index is 677. The van der Waals surface area contributed by atoms with E-state index in [1.807, 2.05) is 0 Å². The van der Waals surface area contributed by atoms with Crippen molar-refractivity contribution in [3.63, 3.8) is 0 Å². The molecule has 4 N–H and O–H groups in total. The molecule has 4 heteroatoms. The van der Waals surface area contributed by atoms with E-state index in [1.165, 1.54) is 24.8 Å². The maximum absolute atomic E-state index is 12.0. The number of rotatable bonds is 7. The van der Waals surface area contributed by atoms with Gasteiger partial charge in [0.25, 0.3) is 0 Å². The van der Waals surface area contributed by atoms with Crippen LogP contribution in [0.15, 0.2) is 11.6 Å². The summed E-state index contributed by atoms with van der Waals surface area (Å²) in [5.74, 6) is 1.64. The molecule has 0 saturated heterocycles. The fourth-order valence-electron chi connectivity index (χ4n) is 8.56. The van der Waals surface area contributed by atoms with E-state index in [9.17, 15) is 15.3 Å². The Morgan fingerprint density at radius 3 is 2.61 bits per heavy atom. The summed E-state index contributed by atoms with van der Waals surface area (Å²) >= 11 is 0. The van der Waals surface area contributed by atoms with Crippen LogP contribution in [0.25, 0.3) is 0 Å². The van der Waals surface area contributed by atoms with E-state index in [-0.39, 0.29) is 23.0 Å². The molecule has 4 rings (SSSR count). The molecule has 0 aliphatic heterocycles. The van der Waals surface area contributed by atoms with Gasteiger partial charge in [-0.3, -0.25) is 0 Å². The predicted molar refractivity (Wildman–Crippen MR) is 126 cm³/mol. The maximum Gasteiger partial charge on any atom is 0.111 e. The molecule has 0 heterocycles. The highest BCUT2D eigenvalue weighted by molar-refractivity contribution is 5.27. The Kier molecular flexibility index (Phi) is 6.69. The highest BCUT2D eigenvalue weighted by Gasteiger charge is 2.68. The molecule has 0 bridgehead atoms. The summed E-state index contributed by atoms with van der Waals surface area (Å²) in [6.45, 7) is 9.68. The van der Waals surface area contributed by atoms with Crippen LogP contribution < -0.4 is 5.32 Å². The second-order valence-corrected chi connectivity index (χ2v) is 11.9. The van der Waals surface area contributed by atoms with Gasteiger partial charge in [-0.25, -0.2) is 0 Å². The van der Waals surface area contributed by atoms with Gasteiger partial charge in [0, 0.05) is 11.5 Å². The largest absolute Gasteiger partial charge is 0.393 e. The third-order valence-corrected chi connectivity index (χ3v) is 10.5. The van der Waals surface area contributed by atoms with Gasteiger partial charge in [0.2, 0.25) is 0 Å². The third-order valence-electron chi connectivity index (χ3n) is 10.5. The van der Waals surface area contributed by atoms with E-state index < -0.39 is 11.7 Å². The molecule has 0 aromatic carbocycles. The van der Waals surface area contributed by atoms with E-state index in [0.717, 1.165) is 57.9 Å². The molecule has 0 spiro atoms. The summed E-state index contributed by atoms with van der Waals surface area (Å²) in [7, 11) is 0. The van der Waals surface area contributed by atoms with Crippen molar-refractivity contribution in [2.45, 2.75) is 122 Å². The minimum atomic E-state index is -1.07. The molecule has 4 aliphatic carbocycles. The summed E-state index contributed by atoms with van der Waals surface area (Å²) in [6.07, 6.45) is 13.4. The molecule has 4 nitrogen and oxygen atoms in total. The van der Waals surface area contributed by atoms with Crippen molar-refractivity contribution in [1.82, 2.24) is 5.32 Å². The first-order valence-corrected chi connectivity index (χ1v) is 13.2. The van der Waals surface area contributed by atoms with Crippen LogP contribution in [-0.2, 0) is 0 Å². The first kappa shape index (κ1) is 23.7. The smallest absolute Gasteiger partial charge is 0.111 e. The Labute approximate surface area is 189 Å². The Morgan fingerprint density at radius 1 is 1.13 bits per heavy atom. The van der Waals surface area contributed by atoms with Gasteiger partial charge in [0.1, 0.15) is 5.60 Å². The number of aliphatic hydroxyl groups excluding tert-OH is 2. The second kappa shape index (κ2) is 8.74. The van der Waals surface area contributed by atoms with Gasteiger partial charge in [-0.05, 0) is 88.0 Å². The lowest BCUT2D eigenvalue weighted by molar-refractivity contribution is -0.178. The van der Waals surface area contributed by atoms with Crippen molar-refractivity contribution in [3.05, 3.63) is 11.6 Å². The normalized spacial score (nSPS) is 47.8. The average Bonchev–Trinajstić information content (AvgIpc) is 2.97. The number of hydrogen-bond donors (Lipinski definition) is 4. The predicted octanol–water partition coefficient (Wildman–Crippen LogP) is 4.57. The fraction of sp³-hybridized carbons (Fsp3) is 0.926. The quantitative estimate of drug-likeness (QED) is 0.351. The molecule has 0 amide bonds. The molecule has 3 saturated carbocycles. The van der Waals surface area contributed by atoms with Crippen LogP contribution in [0.4, 0.5) is 0 Å². The van der Waals surface area contributed by atoms with Gasteiger partial charge in [0.05, 0.1) is 12.2 Å². The molecule has 0 unspecified atom stereocenters. The minimum absolute atomic E-state index is 0.0331. The Hall–Kier alpha value is -0.420. The van der Waals surface area contributed by atoms with Crippen molar-refractivity contribution < 1.29 is 15.3 Å². The lowest BCUT2D eigenvalue weighted by Gasteiger charge is -2.59. The molecule has 0 aromatic heterocycles. The van der Waals surface area contributed by atoms with Crippen LogP contribution in [0.2, 0.25) is 0 Å². The maximum atomic E-state index is 12.0. The average molecular weight is 434 g/mol. The molecule has 3 fully saturated rings. The van der Waals surface area contributed by atoms with Crippen molar-refractivity contribution in [3.8, 4) is 0 Å². The summed E-state index contributed by atoms with van der Waals surface area (Å²) < 4.78 is 0. The molecule has 31 heavy (non-hydrogen) atoms. The second-order valence-electron chi connectivity index (χ2n) is 11.9. The minimum Gasteiger partial charge on any atom is -0.393 e. The van der Waals surface area contributed by atoms with Gasteiger partial charge in [0.15, 0.2) is 0 Å². The van der Waals surface area contributed by atoms with Crippen molar-refractivity contribution in [1.29, 1.82) is 0 Å². The van der Waals surface area contributed by atoms with Gasteiger partial charge in [-0.1, -0.05) is 51.7 Å². The zero-order valence-corrected chi connectivity index (χ0v) is 20.4. The number of nitrogens with one attached hydrogen (secondary N) is 1. The molecule has 178 valence electrons.